The third-order valence-electron chi connectivity index (χ3n) is 3.07. The number of methoxy groups -OCH3 is 1. The maximum atomic E-state index is 5.32. The molecule has 0 fully saturated rings. The lowest BCUT2D eigenvalue weighted by molar-refractivity contribution is 0.416. The Bertz CT molecular complexity index is 534. The number of ether oxygens (including phenoxy) is 1. The van der Waals surface area contributed by atoms with E-state index in [1.54, 1.807) is 7.11 Å². The summed E-state index contributed by atoms with van der Waals surface area (Å²) in [6, 6.07) is 14.5. The van der Waals surface area contributed by atoms with E-state index in [4.69, 9.17) is 4.74 Å². The monoisotopic (exact) mass is 241 g/mol. The van der Waals surface area contributed by atoms with Gasteiger partial charge < -0.3 is 10.1 Å². The lowest BCUT2D eigenvalue weighted by Gasteiger charge is -2.12. The lowest BCUT2D eigenvalue weighted by atomic mass is 10.1. The number of benzene rings is 2. The second-order valence-corrected chi connectivity index (χ2v) is 4.48. The molecular formula is C16H19NO. The molecule has 0 aliphatic carbocycles. The second-order valence-electron chi connectivity index (χ2n) is 4.48. The molecule has 2 nitrogen and oxygen atoms in total. The molecule has 0 heterocycles. The minimum absolute atomic E-state index is 0.812. The highest BCUT2D eigenvalue weighted by Gasteiger charge is 2.02. The molecule has 0 unspecified atom stereocenters. The smallest absolute Gasteiger partial charge is 0.141 e. The first-order valence-corrected chi connectivity index (χ1v) is 6.13. The molecule has 0 aliphatic heterocycles. The standard InChI is InChI=1S/C16H19NO/c1-12-8-9-14(13(2)10-12)11-17-15-6-4-5-7-16(15)18-3/h4-10,17H,11H2,1-3H3. The van der Waals surface area contributed by atoms with Gasteiger partial charge in [-0.25, -0.2) is 0 Å². The topological polar surface area (TPSA) is 21.3 Å². The van der Waals surface area contributed by atoms with Crippen LogP contribution in [0.4, 0.5) is 5.69 Å². The Morgan fingerprint density at radius 1 is 1.06 bits per heavy atom. The summed E-state index contributed by atoms with van der Waals surface area (Å²) in [6.07, 6.45) is 0. The molecular weight excluding hydrogens is 222 g/mol. The maximum Gasteiger partial charge on any atom is 0.141 e. The molecule has 18 heavy (non-hydrogen) atoms. The fraction of sp³-hybridized carbons (Fsp3) is 0.250. The molecule has 1 N–H and O–H groups in total. The number of hydrogen-bond donors (Lipinski definition) is 1. The molecule has 2 aromatic carbocycles. The van der Waals surface area contributed by atoms with Crippen LogP contribution < -0.4 is 10.1 Å². The molecule has 0 atom stereocenters. The number of rotatable bonds is 4. The molecule has 0 aromatic heterocycles. The Morgan fingerprint density at radius 2 is 1.83 bits per heavy atom. The van der Waals surface area contributed by atoms with Crippen molar-refractivity contribution in [1.29, 1.82) is 0 Å². The van der Waals surface area contributed by atoms with E-state index in [0.29, 0.717) is 0 Å². The summed E-state index contributed by atoms with van der Waals surface area (Å²) in [4.78, 5) is 0. The highest BCUT2D eigenvalue weighted by atomic mass is 16.5. The van der Waals surface area contributed by atoms with Crippen molar-refractivity contribution in [3.63, 3.8) is 0 Å². The van der Waals surface area contributed by atoms with Gasteiger partial charge in [-0.05, 0) is 37.1 Å². The van der Waals surface area contributed by atoms with Crippen LogP contribution in [0.1, 0.15) is 16.7 Å². The first-order chi connectivity index (χ1) is 8.70. The van der Waals surface area contributed by atoms with Gasteiger partial charge in [0.1, 0.15) is 5.75 Å². The van der Waals surface area contributed by atoms with Crippen molar-refractivity contribution < 1.29 is 4.74 Å². The number of anilines is 1. The highest BCUT2D eigenvalue weighted by molar-refractivity contribution is 5.56. The maximum absolute atomic E-state index is 5.32. The number of aryl methyl sites for hydroxylation is 2. The third-order valence-corrected chi connectivity index (χ3v) is 3.07. The van der Waals surface area contributed by atoms with Gasteiger partial charge in [-0.15, -0.1) is 0 Å². The van der Waals surface area contributed by atoms with Gasteiger partial charge in [0.25, 0.3) is 0 Å². The van der Waals surface area contributed by atoms with Gasteiger partial charge in [-0.3, -0.25) is 0 Å². The van der Waals surface area contributed by atoms with Crippen LogP contribution in [-0.4, -0.2) is 7.11 Å². The van der Waals surface area contributed by atoms with Crippen LogP contribution in [0.5, 0.6) is 5.75 Å². The molecule has 94 valence electrons. The summed E-state index contributed by atoms with van der Waals surface area (Å²) in [5, 5.41) is 3.42. The second kappa shape index (κ2) is 5.58. The van der Waals surface area contributed by atoms with E-state index in [1.807, 2.05) is 24.3 Å². The van der Waals surface area contributed by atoms with Gasteiger partial charge in [0.15, 0.2) is 0 Å². The van der Waals surface area contributed by atoms with Crippen LogP contribution in [0.2, 0.25) is 0 Å². The van der Waals surface area contributed by atoms with Gasteiger partial charge in [0.05, 0.1) is 12.8 Å². The van der Waals surface area contributed by atoms with E-state index < -0.39 is 0 Å². The normalized spacial score (nSPS) is 10.2. The zero-order valence-corrected chi connectivity index (χ0v) is 11.2. The summed E-state index contributed by atoms with van der Waals surface area (Å²) in [5.74, 6) is 0.877. The van der Waals surface area contributed by atoms with Gasteiger partial charge in [0.2, 0.25) is 0 Å². The first kappa shape index (κ1) is 12.5. The quantitative estimate of drug-likeness (QED) is 0.875. The number of hydrogen-bond acceptors (Lipinski definition) is 2. The number of para-hydroxylation sites is 2. The minimum atomic E-state index is 0.812. The molecule has 0 amide bonds. The Balaban J connectivity index is 2.11. The Hall–Kier alpha value is -1.96. The van der Waals surface area contributed by atoms with Crippen molar-refractivity contribution in [2.24, 2.45) is 0 Å². The molecule has 0 aliphatic rings. The van der Waals surface area contributed by atoms with Crippen molar-refractivity contribution >= 4 is 5.69 Å². The molecule has 0 radical (unpaired) electrons. The predicted molar refractivity (Wildman–Crippen MR) is 76.2 cm³/mol. The van der Waals surface area contributed by atoms with Crippen LogP contribution in [0.3, 0.4) is 0 Å². The van der Waals surface area contributed by atoms with E-state index in [-0.39, 0.29) is 0 Å². The van der Waals surface area contributed by atoms with E-state index in [2.05, 4.69) is 37.4 Å². The van der Waals surface area contributed by atoms with Crippen molar-refractivity contribution in [1.82, 2.24) is 0 Å². The highest BCUT2D eigenvalue weighted by Crippen LogP contribution is 2.24. The van der Waals surface area contributed by atoms with Gasteiger partial charge >= 0.3 is 0 Å². The molecule has 2 heteroatoms. The van der Waals surface area contributed by atoms with Crippen LogP contribution in [0, 0.1) is 13.8 Å². The SMILES string of the molecule is COc1ccccc1NCc1ccc(C)cc1C. The average Bonchev–Trinajstić information content (AvgIpc) is 2.38. The first-order valence-electron chi connectivity index (χ1n) is 6.13. The van der Waals surface area contributed by atoms with Crippen LogP contribution in [0.25, 0.3) is 0 Å². The summed E-state index contributed by atoms with van der Waals surface area (Å²) >= 11 is 0. The molecule has 0 saturated heterocycles. The van der Waals surface area contributed by atoms with Gasteiger partial charge in [-0.2, -0.15) is 0 Å². The third kappa shape index (κ3) is 2.83. The van der Waals surface area contributed by atoms with Crippen molar-refractivity contribution in [3.05, 3.63) is 59.2 Å². The van der Waals surface area contributed by atoms with Crippen molar-refractivity contribution in [3.8, 4) is 5.75 Å². The summed E-state index contributed by atoms with van der Waals surface area (Å²) in [7, 11) is 1.69. The van der Waals surface area contributed by atoms with Crippen LogP contribution in [-0.2, 0) is 6.54 Å². The summed E-state index contributed by atoms with van der Waals surface area (Å²) in [5.41, 5.74) is 4.96. The molecule has 2 rings (SSSR count). The zero-order valence-electron chi connectivity index (χ0n) is 11.2. The van der Waals surface area contributed by atoms with Gasteiger partial charge in [-0.1, -0.05) is 35.9 Å². The van der Waals surface area contributed by atoms with Crippen molar-refractivity contribution in [2.75, 3.05) is 12.4 Å². The molecule has 0 bridgehead atoms. The van der Waals surface area contributed by atoms with E-state index in [0.717, 1.165) is 18.0 Å². The largest absolute Gasteiger partial charge is 0.495 e. The predicted octanol–water partition coefficient (Wildman–Crippen LogP) is 3.92. The van der Waals surface area contributed by atoms with E-state index in [1.165, 1.54) is 16.7 Å². The van der Waals surface area contributed by atoms with Crippen LogP contribution in [0.15, 0.2) is 42.5 Å². The zero-order chi connectivity index (χ0) is 13.0. The molecule has 2 aromatic rings. The summed E-state index contributed by atoms with van der Waals surface area (Å²) < 4.78 is 5.32. The van der Waals surface area contributed by atoms with Gasteiger partial charge in [0, 0.05) is 6.54 Å². The van der Waals surface area contributed by atoms with Crippen molar-refractivity contribution in [2.45, 2.75) is 20.4 Å². The fourth-order valence-corrected chi connectivity index (χ4v) is 2.03. The Morgan fingerprint density at radius 3 is 2.56 bits per heavy atom. The van der Waals surface area contributed by atoms with Crippen LogP contribution >= 0.6 is 0 Å². The van der Waals surface area contributed by atoms with E-state index >= 15 is 0 Å². The lowest BCUT2D eigenvalue weighted by Crippen LogP contribution is -2.02. The molecule has 0 saturated carbocycles. The Labute approximate surface area is 109 Å². The summed E-state index contributed by atoms with van der Waals surface area (Å²) in [6.45, 7) is 5.07. The Kier molecular flexibility index (Phi) is 3.88. The average molecular weight is 241 g/mol. The van der Waals surface area contributed by atoms with E-state index in [9.17, 15) is 0 Å². The molecule has 0 spiro atoms. The fourth-order valence-electron chi connectivity index (χ4n) is 2.03. The minimum Gasteiger partial charge on any atom is -0.495 e. The number of nitrogens with one attached hydrogen (secondary N) is 1.